The van der Waals surface area contributed by atoms with Gasteiger partial charge in [0.15, 0.2) is 0 Å². The van der Waals surface area contributed by atoms with Gasteiger partial charge in [-0.1, -0.05) is 6.92 Å². The summed E-state index contributed by atoms with van der Waals surface area (Å²) in [6.45, 7) is 9.56. The van der Waals surface area contributed by atoms with E-state index in [2.05, 4.69) is 12.2 Å². The largest absolute Gasteiger partial charge is 0.480 e. The monoisotopic (exact) mass is 289 g/mol. The summed E-state index contributed by atoms with van der Waals surface area (Å²) in [5.41, 5.74) is -0.842. The van der Waals surface area contributed by atoms with E-state index in [0.29, 0.717) is 16.9 Å². The van der Waals surface area contributed by atoms with Crippen molar-refractivity contribution in [2.45, 2.75) is 69.0 Å². The van der Waals surface area contributed by atoms with Gasteiger partial charge in [-0.05, 0) is 40.0 Å². The van der Waals surface area contributed by atoms with E-state index in [1.807, 2.05) is 25.6 Å². The maximum absolute atomic E-state index is 11.5. The normalized spacial score (nSPS) is 22.2. The minimum absolute atomic E-state index is 0.168. The second-order valence-electron chi connectivity index (χ2n) is 5.90. The zero-order chi connectivity index (χ0) is 14.5. The number of carboxylic acids is 1. The van der Waals surface area contributed by atoms with Crippen molar-refractivity contribution in [2.75, 3.05) is 13.2 Å². The van der Waals surface area contributed by atoms with Gasteiger partial charge in [-0.25, -0.2) is 0 Å². The minimum Gasteiger partial charge on any atom is -0.480 e. The van der Waals surface area contributed by atoms with Crippen molar-refractivity contribution in [3.05, 3.63) is 0 Å². The predicted octanol–water partition coefficient (Wildman–Crippen LogP) is 2.52. The highest BCUT2D eigenvalue weighted by molar-refractivity contribution is 8.00. The highest BCUT2D eigenvalue weighted by Crippen LogP contribution is 2.30. The van der Waals surface area contributed by atoms with Crippen LogP contribution in [0.4, 0.5) is 0 Å². The Morgan fingerprint density at radius 1 is 1.42 bits per heavy atom. The third kappa shape index (κ3) is 5.71. The van der Waals surface area contributed by atoms with Crippen molar-refractivity contribution in [1.82, 2.24) is 5.32 Å². The van der Waals surface area contributed by atoms with Crippen LogP contribution in [0.15, 0.2) is 0 Å². The van der Waals surface area contributed by atoms with Gasteiger partial charge in [0.25, 0.3) is 0 Å². The molecule has 4 nitrogen and oxygen atoms in total. The topological polar surface area (TPSA) is 58.6 Å². The molecule has 0 bridgehead atoms. The van der Waals surface area contributed by atoms with Gasteiger partial charge in [-0.2, -0.15) is 11.8 Å². The average Bonchev–Trinajstić information content (AvgIpc) is 2.28. The molecule has 5 heteroatoms. The molecule has 0 amide bonds. The summed E-state index contributed by atoms with van der Waals surface area (Å²) >= 11 is 1.91. The van der Waals surface area contributed by atoms with E-state index in [0.717, 1.165) is 26.1 Å². The van der Waals surface area contributed by atoms with Crippen molar-refractivity contribution in [1.29, 1.82) is 0 Å². The molecule has 0 aromatic rings. The first-order valence-electron chi connectivity index (χ1n) is 7.08. The fraction of sp³-hybridized carbons (Fsp3) is 0.929. The van der Waals surface area contributed by atoms with Crippen molar-refractivity contribution in [2.24, 2.45) is 0 Å². The molecule has 112 valence electrons. The van der Waals surface area contributed by atoms with Crippen LogP contribution in [0, 0.1) is 0 Å². The summed E-state index contributed by atoms with van der Waals surface area (Å²) in [6.07, 6.45) is 2.80. The zero-order valence-corrected chi connectivity index (χ0v) is 13.3. The Kier molecular flexibility index (Phi) is 6.63. The first-order chi connectivity index (χ1) is 8.83. The highest BCUT2D eigenvalue weighted by Gasteiger charge is 2.35. The molecule has 1 rings (SSSR count). The molecule has 2 atom stereocenters. The van der Waals surface area contributed by atoms with Gasteiger partial charge in [0.1, 0.15) is 5.54 Å². The van der Waals surface area contributed by atoms with Crippen LogP contribution in [-0.4, -0.2) is 46.4 Å². The van der Waals surface area contributed by atoms with Crippen molar-refractivity contribution in [3.8, 4) is 0 Å². The number of carbonyl (C=O) groups is 1. The number of thioether (sulfide) groups is 1. The molecule has 1 heterocycles. The molecular formula is C14H27NO3S. The van der Waals surface area contributed by atoms with Crippen LogP contribution in [0.2, 0.25) is 0 Å². The number of hydrogen-bond donors (Lipinski definition) is 2. The molecule has 0 spiro atoms. The summed E-state index contributed by atoms with van der Waals surface area (Å²) in [5.74, 6) is -0.763. The zero-order valence-electron chi connectivity index (χ0n) is 12.4. The Morgan fingerprint density at radius 3 is 2.47 bits per heavy atom. The van der Waals surface area contributed by atoms with Crippen molar-refractivity contribution in [3.63, 3.8) is 0 Å². The SMILES string of the molecule is CC(C)NC(C)(CC(C)SC1CCOCC1)C(=O)O. The lowest BCUT2D eigenvalue weighted by Gasteiger charge is -2.33. The Bertz CT molecular complexity index is 292. The third-order valence-corrected chi connectivity index (χ3v) is 4.86. The van der Waals surface area contributed by atoms with E-state index < -0.39 is 11.5 Å². The van der Waals surface area contributed by atoms with Gasteiger partial charge < -0.3 is 9.84 Å². The maximum atomic E-state index is 11.5. The number of carboxylic acid groups (broad SMARTS) is 1. The summed E-state index contributed by atoms with van der Waals surface area (Å²) < 4.78 is 5.35. The Labute approximate surface area is 120 Å². The Hall–Kier alpha value is -0.260. The molecule has 1 saturated heterocycles. The lowest BCUT2D eigenvalue weighted by molar-refractivity contribution is -0.144. The fourth-order valence-corrected chi connectivity index (χ4v) is 4.16. The summed E-state index contributed by atoms with van der Waals surface area (Å²) in [5, 5.41) is 13.6. The minimum atomic E-state index is -0.842. The Morgan fingerprint density at radius 2 is 2.00 bits per heavy atom. The van der Waals surface area contributed by atoms with E-state index in [4.69, 9.17) is 4.74 Å². The van der Waals surface area contributed by atoms with Gasteiger partial charge in [-0.3, -0.25) is 10.1 Å². The molecule has 1 aliphatic heterocycles. The molecule has 0 aliphatic carbocycles. The van der Waals surface area contributed by atoms with Gasteiger partial charge in [0.05, 0.1) is 0 Å². The number of rotatable bonds is 7. The number of nitrogens with one attached hydrogen (secondary N) is 1. The maximum Gasteiger partial charge on any atom is 0.323 e. The van der Waals surface area contributed by atoms with Gasteiger partial charge in [0, 0.05) is 29.8 Å². The summed E-state index contributed by atoms with van der Waals surface area (Å²) in [7, 11) is 0. The number of aliphatic carboxylic acids is 1. The average molecular weight is 289 g/mol. The third-order valence-electron chi connectivity index (χ3n) is 3.37. The lowest BCUT2D eigenvalue weighted by Crippen LogP contribution is -2.53. The fourth-order valence-electron chi connectivity index (χ4n) is 2.61. The predicted molar refractivity (Wildman–Crippen MR) is 79.8 cm³/mol. The molecular weight excluding hydrogens is 262 g/mol. The standard InChI is InChI=1S/C14H27NO3S/c1-10(2)15-14(4,13(16)17)9-11(3)19-12-5-7-18-8-6-12/h10-12,15H,5-9H2,1-4H3,(H,16,17). The van der Waals surface area contributed by atoms with Crippen LogP contribution < -0.4 is 5.32 Å². The van der Waals surface area contributed by atoms with E-state index in [9.17, 15) is 9.90 Å². The van der Waals surface area contributed by atoms with Crippen molar-refractivity contribution >= 4 is 17.7 Å². The molecule has 2 N–H and O–H groups in total. The first kappa shape index (κ1) is 16.8. The molecule has 1 fully saturated rings. The molecule has 0 aromatic heterocycles. The van der Waals surface area contributed by atoms with Crippen LogP contribution in [0.1, 0.15) is 47.0 Å². The second-order valence-corrected chi connectivity index (χ2v) is 7.64. The molecule has 0 saturated carbocycles. The quantitative estimate of drug-likeness (QED) is 0.754. The summed E-state index contributed by atoms with van der Waals surface area (Å²) in [6, 6.07) is 0.168. The first-order valence-corrected chi connectivity index (χ1v) is 8.02. The van der Waals surface area contributed by atoms with Crippen LogP contribution in [-0.2, 0) is 9.53 Å². The van der Waals surface area contributed by atoms with Crippen molar-refractivity contribution < 1.29 is 14.6 Å². The van der Waals surface area contributed by atoms with Gasteiger partial charge in [0.2, 0.25) is 0 Å². The van der Waals surface area contributed by atoms with Crippen LogP contribution >= 0.6 is 11.8 Å². The molecule has 2 unspecified atom stereocenters. The molecule has 0 aromatic carbocycles. The van der Waals surface area contributed by atoms with E-state index in [1.165, 1.54) is 0 Å². The van der Waals surface area contributed by atoms with Crippen LogP contribution in [0.5, 0.6) is 0 Å². The smallest absolute Gasteiger partial charge is 0.323 e. The Balaban J connectivity index is 2.50. The lowest BCUT2D eigenvalue weighted by atomic mass is 9.95. The summed E-state index contributed by atoms with van der Waals surface area (Å²) in [4.78, 5) is 11.5. The molecule has 19 heavy (non-hydrogen) atoms. The van der Waals surface area contributed by atoms with E-state index in [1.54, 1.807) is 6.92 Å². The second kappa shape index (κ2) is 7.50. The highest BCUT2D eigenvalue weighted by atomic mass is 32.2. The molecule has 0 radical (unpaired) electrons. The number of ether oxygens (including phenoxy) is 1. The van der Waals surface area contributed by atoms with E-state index >= 15 is 0 Å². The number of hydrogen-bond acceptors (Lipinski definition) is 4. The van der Waals surface area contributed by atoms with Gasteiger partial charge in [-0.15, -0.1) is 0 Å². The van der Waals surface area contributed by atoms with Gasteiger partial charge >= 0.3 is 5.97 Å². The van der Waals surface area contributed by atoms with Crippen LogP contribution in [0.3, 0.4) is 0 Å². The van der Waals surface area contributed by atoms with E-state index in [-0.39, 0.29) is 6.04 Å². The van der Waals surface area contributed by atoms with Crippen LogP contribution in [0.25, 0.3) is 0 Å². The molecule has 1 aliphatic rings.